The predicted octanol–water partition coefficient (Wildman–Crippen LogP) is 17.3. The Kier molecular flexibility index (Phi) is 48.9. The van der Waals surface area contributed by atoms with E-state index in [1.165, 1.54) is 135 Å². The topological polar surface area (TPSA) is 61.8 Å². The lowest BCUT2D eigenvalue weighted by Crippen LogP contribution is -2.30. The molecule has 5 nitrogen and oxygen atoms in total. The third-order valence-electron chi connectivity index (χ3n) is 11.0. The van der Waals surface area contributed by atoms with Gasteiger partial charge in [0.15, 0.2) is 6.10 Å². The Morgan fingerprint density at radius 3 is 1.23 bits per heavy atom. The molecule has 0 spiro atoms. The molecule has 348 valence electrons. The summed E-state index contributed by atoms with van der Waals surface area (Å²) in [5.41, 5.74) is 0. The Balaban J connectivity index is 4.29. The number of allylic oxidation sites excluding steroid dienone is 10. The summed E-state index contributed by atoms with van der Waals surface area (Å²) in [6, 6.07) is 0. The Hall–Kier alpha value is -2.40. The summed E-state index contributed by atoms with van der Waals surface area (Å²) in [6.07, 6.45) is 63.7. The Morgan fingerprint density at radius 2 is 0.750 bits per heavy atom. The van der Waals surface area contributed by atoms with Crippen molar-refractivity contribution in [2.24, 2.45) is 0 Å². The molecule has 0 radical (unpaired) electrons. The van der Waals surface area contributed by atoms with E-state index in [1.807, 2.05) is 0 Å². The monoisotopic (exact) mass is 839 g/mol. The SMILES string of the molecule is CC/C=C\C/C=C\C/C=C\C/C=C\CCCCCCCOCC(COC(=O)CCCCCCC/C=C\CCCCCC)OC(=O)CCCCCCCCCCCCCCC. The second-order valence-electron chi connectivity index (χ2n) is 17.0. The number of carbonyl (C=O) groups is 2. The van der Waals surface area contributed by atoms with Gasteiger partial charge in [-0.15, -0.1) is 0 Å². The summed E-state index contributed by atoms with van der Waals surface area (Å²) in [4.78, 5) is 25.4. The van der Waals surface area contributed by atoms with Crippen molar-refractivity contribution in [2.75, 3.05) is 19.8 Å². The van der Waals surface area contributed by atoms with Gasteiger partial charge in [-0.3, -0.25) is 9.59 Å². The highest BCUT2D eigenvalue weighted by atomic mass is 16.6. The van der Waals surface area contributed by atoms with Crippen LogP contribution in [0.4, 0.5) is 0 Å². The van der Waals surface area contributed by atoms with Crippen molar-refractivity contribution in [2.45, 2.75) is 258 Å². The van der Waals surface area contributed by atoms with Crippen LogP contribution in [0.15, 0.2) is 60.8 Å². The molecule has 0 fully saturated rings. The zero-order valence-corrected chi connectivity index (χ0v) is 40.0. The third kappa shape index (κ3) is 48.3. The third-order valence-corrected chi connectivity index (χ3v) is 11.0. The van der Waals surface area contributed by atoms with Crippen molar-refractivity contribution in [3.8, 4) is 0 Å². The van der Waals surface area contributed by atoms with Gasteiger partial charge in [-0.25, -0.2) is 0 Å². The molecule has 0 N–H and O–H groups in total. The van der Waals surface area contributed by atoms with Gasteiger partial charge in [0.2, 0.25) is 0 Å². The lowest BCUT2D eigenvalue weighted by Gasteiger charge is -2.18. The van der Waals surface area contributed by atoms with Crippen LogP contribution in [0.25, 0.3) is 0 Å². The Bertz CT molecular complexity index is 1040. The molecule has 0 rings (SSSR count). The van der Waals surface area contributed by atoms with E-state index in [2.05, 4.69) is 81.5 Å². The number of hydrogen-bond acceptors (Lipinski definition) is 5. The number of hydrogen-bond donors (Lipinski definition) is 0. The fourth-order valence-corrected chi connectivity index (χ4v) is 7.20. The molecule has 1 atom stereocenters. The van der Waals surface area contributed by atoms with E-state index < -0.39 is 6.10 Å². The van der Waals surface area contributed by atoms with Crippen molar-refractivity contribution in [3.63, 3.8) is 0 Å². The zero-order valence-electron chi connectivity index (χ0n) is 40.0. The van der Waals surface area contributed by atoms with Crippen molar-refractivity contribution >= 4 is 11.9 Å². The van der Waals surface area contributed by atoms with Crippen LogP contribution in [0, 0.1) is 0 Å². The molecular formula is C55H98O5. The summed E-state index contributed by atoms with van der Waals surface area (Å²) in [5, 5.41) is 0. The van der Waals surface area contributed by atoms with E-state index in [1.54, 1.807) is 0 Å². The van der Waals surface area contributed by atoms with Crippen LogP contribution in [0.1, 0.15) is 252 Å². The number of rotatable bonds is 47. The average Bonchev–Trinajstić information content (AvgIpc) is 3.25. The quantitative estimate of drug-likeness (QED) is 0.0347. The first-order chi connectivity index (χ1) is 29.6. The summed E-state index contributed by atoms with van der Waals surface area (Å²) < 4.78 is 17.4. The van der Waals surface area contributed by atoms with Gasteiger partial charge in [0.1, 0.15) is 6.61 Å². The van der Waals surface area contributed by atoms with E-state index in [4.69, 9.17) is 14.2 Å². The highest BCUT2D eigenvalue weighted by molar-refractivity contribution is 5.70. The summed E-state index contributed by atoms with van der Waals surface area (Å²) in [5.74, 6) is -0.411. The lowest BCUT2D eigenvalue weighted by molar-refractivity contribution is -0.163. The number of ether oxygens (including phenoxy) is 3. The predicted molar refractivity (Wildman–Crippen MR) is 261 cm³/mol. The maximum absolute atomic E-state index is 12.8. The number of unbranched alkanes of at least 4 members (excludes halogenated alkanes) is 26. The van der Waals surface area contributed by atoms with Crippen LogP contribution in [-0.4, -0.2) is 37.9 Å². The fraction of sp³-hybridized carbons (Fsp3) is 0.782. The van der Waals surface area contributed by atoms with Gasteiger partial charge >= 0.3 is 11.9 Å². The molecule has 0 amide bonds. The summed E-state index contributed by atoms with van der Waals surface area (Å²) >= 11 is 0. The molecular weight excluding hydrogens is 741 g/mol. The number of carbonyl (C=O) groups excluding carboxylic acids is 2. The van der Waals surface area contributed by atoms with E-state index in [9.17, 15) is 9.59 Å². The van der Waals surface area contributed by atoms with Crippen LogP contribution >= 0.6 is 0 Å². The van der Waals surface area contributed by atoms with Crippen LogP contribution < -0.4 is 0 Å². The molecule has 1 unspecified atom stereocenters. The highest BCUT2D eigenvalue weighted by Crippen LogP contribution is 2.15. The highest BCUT2D eigenvalue weighted by Gasteiger charge is 2.17. The van der Waals surface area contributed by atoms with Crippen molar-refractivity contribution in [1.29, 1.82) is 0 Å². The Labute approximate surface area is 373 Å². The maximum Gasteiger partial charge on any atom is 0.306 e. The minimum Gasteiger partial charge on any atom is -0.462 e. The molecule has 60 heavy (non-hydrogen) atoms. The van der Waals surface area contributed by atoms with Gasteiger partial charge in [-0.1, -0.05) is 216 Å². The Morgan fingerprint density at radius 1 is 0.383 bits per heavy atom. The van der Waals surface area contributed by atoms with E-state index in [0.29, 0.717) is 19.4 Å². The summed E-state index contributed by atoms with van der Waals surface area (Å²) in [6.45, 7) is 7.67. The van der Waals surface area contributed by atoms with E-state index in [-0.39, 0.29) is 25.2 Å². The molecule has 0 aromatic rings. The average molecular weight is 839 g/mol. The van der Waals surface area contributed by atoms with Gasteiger partial charge in [0.25, 0.3) is 0 Å². The number of esters is 2. The van der Waals surface area contributed by atoms with Crippen LogP contribution in [0.5, 0.6) is 0 Å². The van der Waals surface area contributed by atoms with Crippen molar-refractivity contribution in [3.05, 3.63) is 60.8 Å². The molecule has 0 heterocycles. The maximum atomic E-state index is 12.8. The van der Waals surface area contributed by atoms with Gasteiger partial charge in [0, 0.05) is 19.4 Å². The molecule has 0 aromatic carbocycles. The standard InChI is InChI=1S/C55H98O5/c1-4-7-10-13-16-19-22-25-26-27-28-29-32-35-38-41-44-47-50-58-51-53(60-55(57)49-46-43-40-37-34-31-24-21-18-15-12-9-6-3)52-59-54(56)48-45-42-39-36-33-30-23-20-17-14-11-8-5-2/h7,10,16,19-20,23,25-26,28-29,53H,4-6,8-9,11-15,17-18,21-22,24,27,30-52H2,1-3H3/b10-7-,19-16-,23-20-,26-25-,29-28-. The van der Waals surface area contributed by atoms with Crippen molar-refractivity contribution in [1.82, 2.24) is 0 Å². The molecule has 5 heteroatoms. The minimum absolute atomic E-state index is 0.0747. The largest absolute Gasteiger partial charge is 0.462 e. The summed E-state index contributed by atoms with van der Waals surface area (Å²) in [7, 11) is 0. The van der Waals surface area contributed by atoms with Crippen LogP contribution in [0.3, 0.4) is 0 Å². The van der Waals surface area contributed by atoms with Gasteiger partial charge in [-0.05, 0) is 83.5 Å². The van der Waals surface area contributed by atoms with Crippen molar-refractivity contribution < 1.29 is 23.8 Å². The fourth-order valence-electron chi connectivity index (χ4n) is 7.20. The van der Waals surface area contributed by atoms with Gasteiger partial charge in [0.05, 0.1) is 6.61 Å². The molecule has 0 saturated heterocycles. The second kappa shape index (κ2) is 51.0. The van der Waals surface area contributed by atoms with Gasteiger partial charge in [-0.2, -0.15) is 0 Å². The molecule has 0 aliphatic rings. The normalized spacial score (nSPS) is 12.7. The first-order valence-electron chi connectivity index (χ1n) is 25.8. The van der Waals surface area contributed by atoms with E-state index in [0.717, 1.165) is 83.5 Å². The van der Waals surface area contributed by atoms with E-state index >= 15 is 0 Å². The lowest BCUT2D eigenvalue weighted by atomic mass is 10.0. The smallest absolute Gasteiger partial charge is 0.306 e. The molecule has 0 saturated carbocycles. The first-order valence-corrected chi connectivity index (χ1v) is 25.8. The molecule has 0 aromatic heterocycles. The molecule has 0 aliphatic carbocycles. The second-order valence-corrected chi connectivity index (χ2v) is 17.0. The molecule has 0 aliphatic heterocycles. The van der Waals surface area contributed by atoms with Gasteiger partial charge < -0.3 is 14.2 Å². The van der Waals surface area contributed by atoms with Crippen LogP contribution in [0.2, 0.25) is 0 Å². The van der Waals surface area contributed by atoms with Crippen LogP contribution in [-0.2, 0) is 23.8 Å². The molecule has 0 bridgehead atoms. The minimum atomic E-state index is -0.547. The first kappa shape index (κ1) is 57.6. The zero-order chi connectivity index (χ0) is 43.5.